The Morgan fingerprint density at radius 3 is 2.30 bits per heavy atom. The summed E-state index contributed by atoms with van der Waals surface area (Å²) in [6.45, 7) is 4.29. The summed E-state index contributed by atoms with van der Waals surface area (Å²) in [5.74, 6) is -0.306. The molecule has 0 saturated heterocycles. The first-order valence-corrected chi connectivity index (χ1v) is 9.85. The van der Waals surface area contributed by atoms with Gasteiger partial charge in [0.1, 0.15) is 5.69 Å². The van der Waals surface area contributed by atoms with Crippen molar-refractivity contribution >= 4 is 16.7 Å². The van der Waals surface area contributed by atoms with Gasteiger partial charge < -0.3 is 9.88 Å². The zero-order chi connectivity index (χ0) is 21.3. The van der Waals surface area contributed by atoms with Gasteiger partial charge in [-0.1, -0.05) is 42.5 Å². The van der Waals surface area contributed by atoms with Gasteiger partial charge >= 0.3 is 0 Å². The molecule has 2 aromatic heterocycles. The van der Waals surface area contributed by atoms with Crippen molar-refractivity contribution in [3.05, 3.63) is 99.7 Å². The number of hydrogen-bond donors (Lipinski definition) is 1. The Morgan fingerprint density at radius 2 is 1.63 bits per heavy atom. The van der Waals surface area contributed by atoms with E-state index in [9.17, 15) is 9.59 Å². The van der Waals surface area contributed by atoms with Crippen molar-refractivity contribution in [3.63, 3.8) is 0 Å². The number of amides is 1. The fourth-order valence-electron chi connectivity index (χ4n) is 3.70. The molecule has 5 nitrogen and oxygen atoms in total. The van der Waals surface area contributed by atoms with Gasteiger partial charge in [-0.25, -0.2) is 0 Å². The highest BCUT2D eigenvalue weighted by Crippen LogP contribution is 2.32. The van der Waals surface area contributed by atoms with Crippen LogP contribution in [0.2, 0.25) is 0 Å². The standard InChI is InChI=1S/C25H23N3O2/c1-16-13-20-21(14-17(16)2)25(30)28(3)23(22(20)18-9-5-4-6-10-18)24(29)27-15-19-11-7-8-12-26-19/h4-14H,15H2,1-3H3,(H,27,29). The highest BCUT2D eigenvalue weighted by molar-refractivity contribution is 6.08. The number of rotatable bonds is 4. The van der Waals surface area contributed by atoms with Crippen molar-refractivity contribution in [1.82, 2.24) is 14.9 Å². The number of carbonyl (C=O) groups excluding carboxylic acids is 1. The first-order valence-electron chi connectivity index (χ1n) is 9.85. The van der Waals surface area contributed by atoms with Gasteiger partial charge in [0.05, 0.1) is 12.2 Å². The molecular formula is C25H23N3O2. The van der Waals surface area contributed by atoms with Crippen LogP contribution in [0.4, 0.5) is 0 Å². The number of nitrogens with one attached hydrogen (secondary N) is 1. The Kier molecular flexibility index (Phi) is 5.19. The van der Waals surface area contributed by atoms with E-state index >= 15 is 0 Å². The minimum Gasteiger partial charge on any atom is -0.345 e. The zero-order valence-electron chi connectivity index (χ0n) is 17.3. The Balaban J connectivity index is 1.94. The average Bonchev–Trinajstić information content (AvgIpc) is 2.77. The van der Waals surface area contributed by atoms with Crippen LogP contribution < -0.4 is 10.9 Å². The summed E-state index contributed by atoms with van der Waals surface area (Å²) in [6, 6.07) is 19.2. The van der Waals surface area contributed by atoms with E-state index < -0.39 is 0 Å². The van der Waals surface area contributed by atoms with Crippen molar-refractivity contribution in [2.45, 2.75) is 20.4 Å². The number of aryl methyl sites for hydroxylation is 2. The first kappa shape index (κ1) is 19.6. The fraction of sp³-hybridized carbons (Fsp3) is 0.160. The summed E-state index contributed by atoms with van der Waals surface area (Å²) < 4.78 is 1.45. The van der Waals surface area contributed by atoms with Crippen molar-refractivity contribution in [2.75, 3.05) is 0 Å². The number of benzene rings is 2. The van der Waals surface area contributed by atoms with Gasteiger partial charge in [0.15, 0.2) is 0 Å². The van der Waals surface area contributed by atoms with E-state index in [4.69, 9.17) is 0 Å². The highest BCUT2D eigenvalue weighted by Gasteiger charge is 2.22. The number of hydrogen-bond acceptors (Lipinski definition) is 3. The lowest BCUT2D eigenvalue weighted by atomic mass is 9.93. The third-order valence-corrected chi connectivity index (χ3v) is 5.44. The molecule has 2 aromatic carbocycles. The molecule has 0 aliphatic rings. The second-order valence-electron chi connectivity index (χ2n) is 7.44. The van der Waals surface area contributed by atoms with E-state index in [0.717, 1.165) is 33.3 Å². The normalized spacial score (nSPS) is 10.9. The lowest BCUT2D eigenvalue weighted by Gasteiger charge is -2.18. The van der Waals surface area contributed by atoms with E-state index in [2.05, 4.69) is 10.3 Å². The molecule has 150 valence electrons. The van der Waals surface area contributed by atoms with Crippen LogP contribution in [0, 0.1) is 13.8 Å². The Bertz CT molecular complexity index is 1290. The second-order valence-corrected chi connectivity index (χ2v) is 7.44. The minimum atomic E-state index is -0.306. The van der Waals surface area contributed by atoms with E-state index in [0.29, 0.717) is 11.1 Å². The Morgan fingerprint density at radius 1 is 0.967 bits per heavy atom. The Labute approximate surface area is 175 Å². The number of carbonyl (C=O) groups is 1. The summed E-state index contributed by atoms with van der Waals surface area (Å²) in [5.41, 5.74) is 4.69. The summed E-state index contributed by atoms with van der Waals surface area (Å²) in [5, 5.41) is 4.32. The number of pyridine rings is 2. The summed E-state index contributed by atoms with van der Waals surface area (Å²) in [7, 11) is 1.65. The van der Waals surface area contributed by atoms with E-state index in [1.807, 2.05) is 74.5 Å². The predicted octanol–water partition coefficient (Wildman–Crippen LogP) is 4.15. The average molecular weight is 397 g/mol. The van der Waals surface area contributed by atoms with Crippen LogP contribution in [0.15, 0.2) is 71.7 Å². The molecule has 0 aliphatic heterocycles. The SMILES string of the molecule is Cc1cc2c(-c3ccccc3)c(C(=O)NCc3ccccn3)n(C)c(=O)c2cc1C. The quantitative estimate of drug-likeness (QED) is 0.563. The maximum atomic E-state index is 13.3. The molecule has 30 heavy (non-hydrogen) atoms. The van der Waals surface area contributed by atoms with Crippen LogP contribution in [-0.2, 0) is 13.6 Å². The number of fused-ring (bicyclic) bond motifs is 1. The topological polar surface area (TPSA) is 64.0 Å². The van der Waals surface area contributed by atoms with E-state index in [-0.39, 0.29) is 18.0 Å². The lowest BCUT2D eigenvalue weighted by molar-refractivity contribution is 0.0942. The largest absolute Gasteiger partial charge is 0.345 e. The van der Waals surface area contributed by atoms with Crippen LogP contribution in [0.1, 0.15) is 27.3 Å². The third-order valence-electron chi connectivity index (χ3n) is 5.44. The van der Waals surface area contributed by atoms with Gasteiger partial charge in [-0.05, 0) is 54.1 Å². The molecule has 0 unspecified atom stereocenters. The van der Waals surface area contributed by atoms with Gasteiger partial charge in [-0.15, -0.1) is 0 Å². The number of aromatic nitrogens is 2. The van der Waals surface area contributed by atoms with Crippen molar-refractivity contribution < 1.29 is 4.79 Å². The fourth-order valence-corrected chi connectivity index (χ4v) is 3.70. The molecule has 0 radical (unpaired) electrons. The van der Waals surface area contributed by atoms with Crippen molar-refractivity contribution in [2.24, 2.45) is 7.05 Å². The smallest absolute Gasteiger partial charge is 0.268 e. The van der Waals surface area contributed by atoms with Crippen LogP contribution in [0.5, 0.6) is 0 Å². The van der Waals surface area contributed by atoms with E-state index in [1.165, 1.54) is 4.57 Å². The predicted molar refractivity (Wildman–Crippen MR) is 120 cm³/mol. The second kappa shape index (κ2) is 7.95. The molecule has 2 heterocycles. The van der Waals surface area contributed by atoms with Crippen LogP contribution >= 0.6 is 0 Å². The molecule has 0 spiro atoms. The van der Waals surface area contributed by atoms with Gasteiger partial charge in [0, 0.05) is 24.2 Å². The van der Waals surface area contributed by atoms with Crippen molar-refractivity contribution in [3.8, 4) is 11.1 Å². The molecule has 1 N–H and O–H groups in total. The summed E-state index contributed by atoms with van der Waals surface area (Å²) in [6.07, 6.45) is 1.69. The maximum absolute atomic E-state index is 13.3. The summed E-state index contributed by atoms with van der Waals surface area (Å²) >= 11 is 0. The molecule has 4 aromatic rings. The minimum absolute atomic E-state index is 0.184. The van der Waals surface area contributed by atoms with E-state index in [1.54, 1.807) is 13.2 Å². The van der Waals surface area contributed by atoms with Crippen LogP contribution in [-0.4, -0.2) is 15.5 Å². The molecule has 0 atom stereocenters. The van der Waals surface area contributed by atoms with Gasteiger partial charge in [-0.3, -0.25) is 14.6 Å². The molecule has 0 bridgehead atoms. The van der Waals surface area contributed by atoms with Gasteiger partial charge in [-0.2, -0.15) is 0 Å². The molecule has 5 heteroatoms. The molecule has 0 fully saturated rings. The van der Waals surface area contributed by atoms with Gasteiger partial charge in [0.2, 0.25) is 0 Å². The van der Waals surface area contributed by atoms with Crippen molar-refractivity contribution in [1.29, 1.82) is 0 Å². The molecular weight excluding hydrogens is 374 g/mol. The monoisotopic (exact) mass is 397 g/mol. The van der Waals surface area contributed by atoms with Crippen LogP contribution in [0.3, 0.4) is 0 Å². The first-order chi connectivity index (χ1) is 14.5. The molecule has 0 aliphatic carbocycles. The molecule has 1 amide bonds. The van der Waals surface area contributed by atoms with Crippen LogP contribution in [0.25, 0.3) is 21.9 Å². The summed E-state index contributed by atoms with van der Waals surface area (Å²) in [4.78, 5) is 30.7. The third kappa shape index (κ3) is 3.50. The molecule has 4 rings (SSSR count). The Hall–Kier alpha value is -3.73. The molecule has 0 saturated carbocycles. The lowest BCUT2D eigenvalue weighted by Crippen LogP contribution is -2.32. The maximum Gasteiger partial charge on any atom is 0.268 e. The zero-order valence-corrected chi connectivity index (χ0v) is 17.3. The highest BCUT2D eigenvalue weighted by atomic mass is 16.2. The van der Waals surface area contributed by atoms with Gasteiger partial charge in [0.25, 0.3) is 11.5 Å². The number of nitrogens with zero attached hydrogens (tertiary/aromatic N) is 2.